The highest BCUT2D eigenvalue weighted by atomic mass is 16.5. The van der Waals surface area contributed by atoms with Crippen LogP contribution in [0.3, 0.4) is 0 Å². The van der Waals surface area contributed by atoms with Gasteiger partial charge in [-0.15, -0.1) is 0 Å². The molecule has 0 fully saturated rings. The molecule has 0 spiro atoms. The van der Waals surface area contributed by atoms with E-state index in [1.807, 2.05) is 42.5 Å². The first-order chi connectivity index (χ1) is 13.5. The summed E-state index contributed by atoms with van der Waals surface area (Å²) in [5.74, 6) is 2.69. The number of ether oxygens (including phenoxy) is 3. The largest absolute Gasteiger partial charge is 0.497 e. The van der Waals surface area contributed by atoms with E-state index < -0.39 is 0 Å². The molecule has 2 rings (SSSR count). The zero-order valence-electron chi connectivity index (χ0n) is 17.5. The molecule has 2 aromatic rings. The zero-order valence-corrected chi connectivity index (χ0v) is 17.5. The molecular weight excluding hydrogens is 354 g/mol. The van der Waals surface area contributed by atoms with Gasteiger partial charge >= 0.3 is 0 Å². The average molecular weight is 386 g/mol. The van der Waals surface area contributed by atoms with Gasteiger partial charge in [-0.25, -0.2) is 0 Å². The fourth-order valence-electron chi connectivity index (χ4n) is 3.15. The molecule has 0 saturated carbocycles. The minimum Gasteiger partial charge on any atom is -0.497 e. The van der Waals surface area contributed by atoms with Crippen LogP contribution in [-0.2, 0) is 11.2 Å². The Morgan fingerprint density at radius 2 is 1.61 bits per heavy atom. The Bertz CT molecular complexity index is 756. The summed E-state index contributed by atoms with van der Waals surface area (Å²) < 4.78 is 15.8. The highest BCUT2D eigenvalue weighted by Crippen LogP contribution is 2.28. The van der Waals surface area contributed by atoms with Crippen LogP contribution < -0.4 is 19.5 Å². The first-order valence-corrected chi connectivity index (χ1v) is 9.61. The van der Waals surface area contributed by atoms with Crippen LogP contribution in [-0.4, -0.2) is 27.2 Å². The Morgan fingerprint density at radius 1 is 0.929 bits per heavy atom. The second-order valence-electron chi connectivity index (χ2n) is 7.21. The first-order valence-electron chi connectivity index (χ1n) is 9.61. The van der Waals surface area contributed by atoms with Crippen molar-refractivity contribution in [1.82, 2.24) is 5.32 Å². The van der Waals surface area contributed by atoms with E-state index in [1.54, 1.807) is 21.3 Å². The van der Waals surface area contributed by atoms with Crippen LogP contribution in [0.2, 0.25) is 0 Å². The molecule has 0 bridgehead atoms. The van der Waals surface area contributed by atoms with Crippen molar-refractivity contribution in [2.24, 2.45) is 5.92 Å². The molecular formula is C23H31NO4. The van der Waals surface area contributed by atoms with Crippen molar-refractivity contribution in [1.29, 1.82) is 0 Å². The minimum atomic E-state index is -0.0104. The van der Waals surface area contributed by atoms with Crippen LogP contribution in [0.4, 0.5) is 0 Å². The van der Waals surface area contributed by atoms with E-state index in [0.717, 1.165) is 23.3 Å². The summed E-state index contributed by atoms with van der Waals surface area (Å²) in [6.45, 7) is 4.32. The van der Waals surface area contributed by atoms with Gasteiger partial charge in [-0.2, -0.15) is 0 Å². The number of benzene rings is 2. The van der Waals surface area contributed by atoms with E-state index in [9.17, 15) is 4.79 Å². The van der Waals surface area contributed by atoms with Crippen molar-refractivity contribution in [2.75, 3.05) is 21.3 Å². The van der Waals surface area contributed by atoms with E-state index in [2.05, 4.69) is 19.2 Å². The summed E-state index contributed by atoms with van der Waals surface area (Å²) in [4.78, 5) is 12.6. The van der Waals surface area contributed by atoms with Crippen molar-refractivity contribution in [3.05, 3.63) is 53.6 Å². The van der Waals surface area contributed by atoms with Gasteiger partial charge in [-0.05, 0) is 54.2 Å². The molecule has 0 aromatic heterocycles. The predicted octanol–water partition coefficient (Wildman–Crippen LogP) is 4.55. The lowest BCUT2D eigenvalue weighted by Gasteiger charge is -2.21. The highest BCUT2D eigenvalue weighted by molar-refractivity contribution is 5.76. The van der Waals surface area contributed by atoms with Crippen molar-refractivity contribution < 1.29 is 19.0 Å². The topological polar surface area (TPSA) is 56.8 Å². The number of aryl methyl sites for hydroxylation is 1. The van der Waals surface area contributed by atoms with Crippen LogP contribution >= 0.6 is 0 Å². The molecule has 0 aliphatic heterocycles. The number of carbonyl (C=O) groups is 1. The first kappa shape index (κ1) is 21.6. The SMILES string of the molecule is COc1ccc([C@H](CC(C)C)NC(=O)CCc2ccc(OC)c(OC)c2)cc1. The van der Waals surface area contributed by atoms with Gasteiger partial charge in [-0.1, -0.05) is 32.0 Å². The Morgan fingerprint density at radius 3 is 2.18 bits per heavy atom. The molecule has 0 radical (unpaired) electrons. The number of carbonyl (C=O) groups excluding carboxylic acids is 1. The summed E-state index contributed by atoms with van der Waals surface area (Å²) in [6.07, 6.45) is 1.94. The summed E-state index contributed by atoms with van der Waals surface area (Å²) >= 11 is 0. The van der Waals surface area contributed by atoms with Crippen molar-refractivity contribution in [2.45, 2.75) is 39.2 Å². The Kier molecular flexibility index (Phi) is 8.18. The van der Waals surface area contributed by atoms with Crippen molar-refractivity contribution >= 4 is 5.91 Å². The van der Waals surface area contributed by atoms with Crippen LogP contribution in [0, 0.1) is 5.92 Å². The smallest absolute Gasteiger partial charge is 0.220 e. The third-order valence-corrected chi connectivity index (χ3v) is 4.65. The quantitative estimate of drug-likeness (QED) is 0.652. The lowest BCUT2D eigenvalue weighted by molar-refractivity contribution is -0.121. The molecule has 1 atom stereocenters. The number of hydrogen-bond donors (Lipinski definition) is 1. The second kappa shape index (κ2) is 10.6. The summed E-state index contributed by atoms with van der Waals surface area (Å²) in [6, 6.07) is 13.6. The van der Waals surface area contributed by atoms with Crippen molar-refractivity contribution in [3.8, 4) is 17.2 Å². The number of nitrogens with one attached hydrogen (secondary N) is 1. The van der Waals surface area contributed by atoms with Gasteiger partial charge in [0.15, 0.2) is 11.5 Å². The monoisotopic (exact) mass is 385 g/mol. The molecule has 5 heteroatoms. The average Bonchev–Trinajstić information content (AvgIpc) is 2.71. The van der Waals surface area contributed by atoms with Crippen LogP contribution in [0.25, 0.3) is 0 Å². The van der Waals surface area contributed by atoms with E-state index in [4.69, 9.17) is 14.2 Å². The Hall–Kier alpha value is -2.69. The molecule has 5 nitrogen and oxygen atoms in total. The van der Waals surface area contributed by atoms with Gasteiger partial charge in [0.2, 0.25) is 5.91 Å². The Labute approximate surface area is 168 Å². The lowest BCUT2D eigenvalue weighted by Crippen LogP contribution is -2.29. The molecule has 1 amide bonds. The number of hydrogen-bond acceptors (Lipinski definition) is 4. The van der Waals surface area contributed by atoms with Crippen LogP contribution in [0.5, 0.6) is 17.2 Å². The molecule has 28 heavy (non-hydrogen) atoms. The van der Waals surface area contributed by atoms with Gasteiger partial charge in [0, 0.05) is 6.42 Å². The van der Waals surface area contributed by atoms with Gasteiger partial charge in [0.05, 0.1) is 27.4 Å². The van der Waals surface area contributed by atoms with Gasteiger partial charge in [0.1, 0.15) is 5.75 Å². The fraction of sp³-hybridized carbons (Fsp3) is 0.435. The van der Waals surface area contributed by atoms with Gasteiger partial charge in [0.25, 0.3) is 0 Å². The minimum absolute atomic E-state index is 0.0104. The highest BCUT2D eigenvalue weighted by Gasteiger charge is 2.16. The fourth-order valence-corrected chi connectivity index (χ4v) is 3.15. The third-order valence-electron chi connectivity index (χ3n) is 4.65. The summed E-state index contributed by atoms with van der Waals surface area (Å²) in [7, 11) is 4.87. The molecule has 0 unspecified atom stereocenters. The molecule has 2 aromatic carbocycles. The van der Waals surface area contributed by atoms with Gasteiger partial charge < -0.3 is 19.5 Å². The number of rotatable bonds is 10. The molecule has 152 valence electrons. The standard InChI is InChI=1S/C23H31NO4/c1-16(2)14-20(18-8-10-19(26-3)11-9-18)24-23(25)13-7-17-6-12-21(27-4)22(15-17)28-5/h6,8-12,15-16,20H,7,13-14H2,1-5H3,(H,24,25)/t20-/m0/s1. The molecule has 0 aliphatic rings. The van der Waals surface area contributed by atoms with Gasteiger partial charge in [-0.3, -0.25) is 4.79 Å². The Balaban J connectivity index is 2.01. The lowest BCUT2D eigenvalue weighted by atomic mass is 9.96. The molecule has 1 N–H and O–H groups in total. The molecule has 0 heterocycles. The van der Waals surface area contributed by atoms with E-state index in [-0.39, 0.29) is 11.9 Å². The zero-order chi connectivity index (χ0) is 20.5. The number of methoxy groups -OCH3 is 3. The molecule has 0 aliphatic carbocycles. The number of amides is 1. The maximum atomic E-state index is 12.6. The predicted molar refractivity (Wildman–Crippen MR) is 111 cm³/mol. The third kappa shape index (κ3) is 6.19. The van der Waals surface area contributed by atoms with Crippen LogP contribution in [0.15, 0.2) is 42.5 Å². The van der Waals surface area contributed by atoms with E-state index >= 15 is 0 Å². The summed E-state index contributed by atoms with van der Waals surface area (Å²) in [5.41, 5.74) is 2.13. The van der Waals surface area contributed by atoms with Crippen molar-refractivity contribution in [3.63, 3.8) is 0 Å². The maximum Gasteiger partial charge on any atom is 0.220 e. The summed E-state index contributed by atoms with van der Waals surface area (Å²) in [5, 5.41) is 3.19. The van der Waals surface area contributed by atoms with E-state index in [0.29, 0.717) is 30.3 Å². The van der Waals surface area contributed by atoms with E-state index in [1.165, 1.54) is 0 Å². The normalized spacial score (nSPS) is 11.8. The molecule has 0 saturated heterocycles. The maximum absolute atomic E-state index is 12.6. The second-order valence-corrected chi connectivity index (χ2v) is 7.21. The van der Waals surface area contributed by atoms with Crippen LogP contribution in [0.1, 0.15) is 43.9 Å².